The molecular weight excluding hydrogens is 224 g/mol. The van der Waals surface area contributed by atoms with Crippen molar-refractivity contribution in [2.45, 2.75) is 13.0 Å². The van der Waals surface area contributed by atoms with Crippen LogP contribution in [0.15, 0.2) is 54.3 Å². The Morgan fingerprint density at radius 3 is 2.94 bits per heavy atom. The van der Waals surface area contributed by atoms with E-state index in [0.29, 0.717) is 6.54 Å². The van der Waals surface area contributed by atoms with Gasteiger partial charge in [-0.25, -0.2) is 5.43 Å². The molecule has 1 aliphatic heterocycles. The third kappa shape index (κ3) is 2.09. The van der Waals surface area contributed by atoms with Crippen LogP contribution in [0.3, 0.4) is 0 Å². The van der Waals surface area contributed by atoms with Crippen LogP contribution in [0.2, 0.25) is 0 Å². The lowest BCUT2D eigenvalue weighted by Gasteiger charge is -2.37. The molecule has 0 spiro atoms. The second-order valence-corrected chi connectivity index (χ2v) is 4.68. The summed E-state index contributed by atoms with van der Waals surface area (Å²) in [5, 5.41) is 2.10. The Balaban J connectivity index is 1.82. The zero-order chi connectivity index (χ0) is 12.4. The zero-order valence-electron chi connectivity index (χ0n) is 10.2. The molecule has 1 aromatic carbocycles. The van der Waals surface area contributed by atoms with E-state index in [-0.39, 0.29) is 11.7 Å². The highest BCUT2D eigenvalue weighted by Gasteiger charge is 2.31. The van der Waals surface area contributed by atoms with Gasteiger partial charge in [0.05, 0.1) is 19.0 Å². The van der Waals surface area contributed by atoms with Crippen LogP contribution in [0, 0.1) is 5.92 Å². The molecule has 1 atom stereocenters. The molecule has 2 aliphatic rings. The lowest BCUT2D eigenvalue weighted by Crippen LogP contribution is -2.50. The topological polar surface area (TPSA) is 32.3 Å². The summed E-state index contributed by atoms with van der Waals surface area (Å²) in [6.45, 7) is 1.23. The first-order chi connectivity index (χ1) is 8.84. The quantitative estimate of drug-likeness (QED) is 0.858. The fourth-order valence-corrected chi connectivity index (χ4v) is 2.49. The molecule has 0 saturated carbocycles. The molecule has 18 heavy (non-hydrogen) atoms. The number of Topliss-reactive ketones (excluding diaryl/α,β-unsaturated/α-hetero) is 1. The Morgan fingerprint density at radius 2 is 2.11 bits per heavy atom. The van der Waals surface area contributed by atoms with Gasteiger partial charge in [0.25, 0.3) is 0 Å². The summed E-state index contributed by atoms with van der Waals surface area (Å²) >= 11 is 0. The molecule has 0 aromatic heterocycles. The van der Waals surface area contributed by atoms with Crippen molar-refractivity contribution in [1.29, 1.82) is 0 Å². The molecule has 3 nitrogen and oxygen atoms in total. The highest BCUT2D eigenvalue weighted by atomic mass is 16.1. The molecule has 1 fully saturated rings. The summed E-state index contributed by atoms with van der Waals surface area (Å²) in [5.74, 6) is 0.329. The number of benzene rings is 1. The zero-order valence-corrected chi connectivity index (χ0v) is 10.2. The molecule has 3 rings (SSSR count). The Kier molecular flexibility index (Phi) is 2.99. The minimum Gasteiger partial charge on any atom is -0.307 e. The summed E-state index contributed by atoms with van der Waals surface area (Å²) in [4.78, 5) is 11.9. The minimum atomic E-state index is 0.0416. The fourth-order valence-electron chi connectivity index (χ4n) is 2.49. The summed E-state index contributed by atoms with van der Waals surface area (Å²) < 4.78 is 0. The van der Waals surface area contributed by atoms with Gasteiger partial charge in [0.1, 0.15) is 0 Å². The molecule has 3 heteroatoms. The second kappa shape index (κ2) is 4.78. The molecule has 1 unspecified atom stereocenters. The molecule has 92 valence electrons. The van der Waals surface area contributed by atoms with Crippen molar-refractivity contribution in [3.05, 3.63) is 59.8 Å². The molecule has 0 bridgehead atoms. The van der Waals surface area contributed by atoms with E-state index in [2.05, 4.69) is 28.6 Å². The van der Waals surface area contributed by atoms with Gasteiger partial charge in [-0.1, -0.05) is 42.5 Å². The number of nitrogens with zero attached hydrogens (tertiary/aromatic N) is 1. The van der Waals surface area contributed by atoms with Crippen LogP contribution in [0.5, 0.6) is 0 Å². The lowest BCUT2D eigenvalue weighted by molar-refractivity contribution is -0.124. The molecule has 1 N–H and O–H groups in total. The average Bonchev–Trinajstić information content (AvgIpc) is 2.44. The number of allylic oxidation sites excluding steroid dienone is 4. The third-order valence-corrected chi connectivity index (χ3v) is 3.46. The summed E-state index contributed by atoms with van der Waals surface area (Å²) in [6, 6.07) is 10.3. The van der Waals surface area contributed by atoms with Gasteiger partial charge in [-0.3, -0.25) is 4.79 Å². The number of fused-ring (bicyclic) bond motifs is 1. The number of carbonyl (C=O) groups excluding carboxylic acids is 1. The van der Waals surface area contributed by atoms with Crippen LogP contribution in [-0.4, -0.2) is 17.3 Å². The maximum absolute atomic E-state index is 11.9. The summed E-state index contributed by atoms with van der Waals surface area (Å²) in [6.07, 6.45) is 6.97. The number of ketones is 1. The van der Waals surface area contributed by atoms with E-state index in [1.165, 1.54) is 5.56 Å². The highest BCUT2D eigenvalue weighted by molar-refractivity contribution is 5.86. The van der Waals surface area contributed by atoms with E-state index < -0.39 is 0 Å². The first kappa shape index (κ1) is 11.2. The fraction of sp³-hybridized carbons (Fsp3) is 0.267. The molecular formula is C15H16N2O. The number of nitrogens with one attached hydrogen (secondary N) is 1. The van der Waals surface area contributed by atoms with E-state index in [1.54, 1.807) is 0 Å². The number of carbonyl (C=O) groups is 1. The van der Waals surface area contributed by atoms with Gasteiger partial charge in [0.15, 0.2) is 5.78 Å². The molecule has 1 aliphatic carbocycles. The van der Waals surface area contributed by atoms with Crippen LogP contribution in [0.1, 0.15) is 12.0 Å². The van der Waals surface area contributed by atoms with Crippen LogP contribution >= 0.6 is 0 Å². The third-order valence-electron chi connectivity index (χ3n) is 3.46. The van der Waals surface area contributed by atoms with E-state index in [4.69, 9.17) is 0 Å². The van der Waals surface area contributed by atoms with Crippen LogP contribution in [0.25, 0.3) is 0 Å². The van der Waals surface area contributed by atoms with Crippen molar-refractivity contribution in [3.63, 3.8) is 0 Å². The van der Waals surface area contributed by atoms with E-state index in [1.807, 2.05) is 30.4 Å². The summed E-state index contributed by atoms with van der Waals surface area (Å²) in [5.41, 5.74) is 5.54. The van der Waals surface area contributed by atoms with Gasteiger partial charge in [-0.2, -0.15) is 0 Å². The first-order valence-electron chi connectivity index (χ1n) is 6.29. The molecule has 0 amide bonds. The van der Waals surface area contributed by atoms with Gasteiger partial charge in [0, 0.05) is 5.70 Å². The Hall–Kier alpha value is -1.87. The SMILES string of the molecule is O=C1CNN(Cc2ccccc2)C2=CC=CCC12. The Morgan fingerprint density at radius 1 is 1.28 bits per heavy atom. The summed E-state index contributed by atoms with van der Waals surface area (Å²) in [7, 11) is 0. The van der Waals surface area contributed by atoms with Gasteiger partial charge in [-0.15, -0.1) is 0 Å². The maximum Gasteiger partial charge on any atom is 0.157 e. The smallest absolute Gasteiger partial charge is 0.157 e. The van der Waals surface area contributed by atoms with E-state index in [9.17, 15) is 4.79 Å². The number of hydrogen-bond acceptors (Lipinski definition) is 3. The van der Waals surface area contributed by atoms with Crippen LogP contribution in [-0.2, 0) is 11.3 Å². The molecule has 1 heterocycles. The molecule has 1 saturated heterocycles. The number of hydrogen-bond donors (Lipinski definition) is 1. The molecule has 0 radical (unpaired) electrons. The van der Waals surface area contributed by atoms with E-state index in [0.717, 1.165) is 18.7 Å². The van der Waals surface area contributed by atoms with Crippen molar-refractivity contribution in [2.75, 3.05) is 6.54 Å². The van der Waals surface area contributed by atoms with Crippen molar-refractivity contribution >= 4 is 5.78 Å². The van der Waals surface area contributed by atoms with Gasteiger partial charge >= 0.3 is 0 Å². The predicted molar refractivity (Wildman–Crippen MR) is 70.3 cm³/mol. The van der Waals surface area contributed by atoms with Gasteiger partial charge in [-0.05, 0) is 18.1 Å². The van der Waals surface area contributed by atoms with Crippen molar-refractivity contribution in [2.24, 2.45) is 5.92 Å². The van der Waals surface area contributed by atoms with Crippen molar-refractivity contribution in [1.82, 2.24) is 10.4 Å². The highest BCUT2D eigenvalue weighted by Crippen LogP contribution is 2.27. The number of rotatable bonds is 2. The Labute approximate surface area is 107 Å². The van der Waals surface area contributed by atoms with Crippen molar-refractivity contribution in [3.8, 4) is 0 Å². The average molecular weight is 240 g/mol. The largest absolute Gasteiger partial charge is 0.307 e. The molecule has 1 aromatic rings. The number of hydrazine groups is 1. The minimum absolute atomic E-state index is 0.0416. The maximum atomic E-state index is 11.9. The van der Waals surface area contributed by atoms with Crippen molar-refractivity contribution < 1.29 is 4.79 Å². The normalized spacial score (nSPS) is 22.7. The van der Waals surface area contributed by atoms with Crippen LogP contribution in [0.4, 0.5) is 0 Å². The van der Waals surface area contributed by atoms with Gasteiger partial charge in [0.2, 0.25) is 0 Å². The van der Waals surface area contributed by atoms with E-state index >= 15 is 0 Å². The monoisotopic (exact) mass is 240 g/mol. The standard InChI is InChI=1S/C15H16N2O/c18-15-10-16-17(11-12-6-2-1-3-7-12)14-9-5-4-8-13(14)15/h1-7,9,13,16H,8,10-11H2. The predicted octanol–water partition coefficient (Wildman–Crippen LogP) is 2.04. The Bertz CT molecular complexity index is 504. The van der Waals surface area contributed by atoms with Gasteiger partial charge < -0.3 is 5.01 Å². The second-order valence-electron chi connectivity index (χ2n) is 4.68. The first-order valence-corrected chi connectivity index (χ1v) is 6.29. The van der Waals surface area contributed by atoms with Crippen LogP contribution < -0.4 is 5.43 Å². The lowest BCUT2D eigenvalue weighted by atomic mass is 9.90.